The Labute approximate surface area is 268 Å². The summed E-state index contributed by atoms with van der Waals surface area (Å²) in [5, 5.41) is 14.0. The van der Waals surface area contributed by atoms with Crippen LogP contribution in [0.25, 0.3) is 0 Å². The molecule has 3 aliphatic heterocycles. The van der Waals surface area contributed by atoms with Crippen LogP contribution < -0.4 is 31.3 Å². The molecule has 5 amide bonds. The lowest BCUT2D eigenvalue weighted by molar-refractivity contribution is -0.136. The van der Waals surface area contributed by atoms with Crippen LogP contribution in [-0.2, 0) is 41.6 Å². The van der Waals surface area contributed by atoms with Gasteiger partial charge in [-0.2, -0.15) is 0 Å². The van der Waals surface area contributed by atoms with Crippen LogP contribution in [0, 0.1) is 0 Å². The van der Waals surface area contributed by atoms with Gasteiger partial charge in [-0.15, -0.1) is 0 Å². The first-order valence-corrected chi connectivity index (χ1v) is 15.7. The van der Waals surface area contributed by atoms with E-state index >= 15 is 0 Å². The monoisotopic (exact) mass is 634 g/mol. The summed E-state index contributed by atoms with van der Waals surface area (Å²) in [6.07, 6.45) is 1.28. The van der Waals surface area contributed by atoms with Gasteiger partial charge in [-0.1, -0.05) is 42.5 Å². The van der Waals surface area contributed by atoms with Gasteiger partial charge in [-0.25, -0.2) is 0 Å². The van der Waals surface area contributed by atoms with Crippen molar-refractivity contribution < 1.29 is 33.4 Å². The summed E-state index contributed by atoms with van der Waals surface area (Å²) in [5.74, 6) is -1.73. The van der Waals surface area contributed by atoms with Crippen LogP contribution in [-0.4, -0.2) is 104 Å². The van der Waals surface area contributed by atoms with Crippen LogP contribution in [0.3, 0.4) is 0 Å². The van der Waals surface area contributed by atoms with Crippen molar-refractivity contribution in [3.05, 3.63) is 65.7 Å². The topological polar surface area (TPSA) is 167 Å². The highest BCUT2D eigenvalue weighted by atomic mass is 16.5. The molecule has 6 rings (SSSR count). The lowest BCUT2D eigenvalue weighted by atomic mass is 10.0. The van der Waals surface area contributed by atoms with Crippen LogP contribution in [0.1, 0.15) is 30.9 Å². The van der Waals surface area contributed by atoms with Crippen molar-refractivity contribution >= 4 is 29.5 Å². The lowest BCUT2D eigenvalue weighted by Crippen LogP contribution is -2.60. The standard InChI is InChI=1S/C33H42N6O7/c1-21-28(40)36-26(18-22-6-4-3-5-7-22)30(42)38-33(12-13-33)32(44)34-14-16-46-24-10-8-23(9-11-24)19-25(29(41)35-21)37-31(43)27-20-45-17-15-39(27)2/h3-11,21,25-27H,12-20H2,1-2H3,(H,34,44)(H,35,41)(H,36,40)(H,37,43)(H,38,42)/t21-,25-,26+,27+/m0/s1. The first-order chi connectivity index (χ1) is 22.1. The molecule has 2 aromatic rings. The zero-order valence-electron chi connectivity index (χ0n) is 26.2. The van der Waals surface area contributed by atoms with Crippen molar-refractivity contribution in [2.75, 3.05) is 40.0 Å². The smallest absolute Gasteiger partial charge is 0.245 e. The highest BCUT2D eigenvalue weighted by Gasteiger charge is 2.51. The Morgan fingerprint density at radius 3 is 2.39 bits per heavy atom. The summed E-state index contributed by atoms with van der Waals surface area (Å²) < 4.78 is 11.3. The Balaban J connectivity index is 1.37. The molecule has 1 saturated heterocycles. The fourth-order valence-electron chi connectivity index (χ4n) is 5.49. The van der Waals surface area contributed by atoms with Gasteiger partial charge in [0.05, 0.1) is 19.8 Å². The molecule has 3 heterocycles. The molecule has 1 spiro atoms. The van der Waals surface area contributed by atoms with Crippen molar-refractivity contribution in [1.29, 1.82) is 0 Å². The maximum Gasteiger partial charge on any atom is 0.245 e. The Bertz CT molecular complexity index is 1420. The second-order valence-electron chi connectivity index (χ2n) is 12.1. The average molecular weight is 635 g/mol. The molecule has 0 radical (unpaired) electrons. The number of morpholine rings is 1. The Hall–Kier alpha value is -4.49. The molecule has 2 aromatic carbocycles. The first kappa shape index (κ1) is 32.9. The molecule has 0 unspecified atom stereocenters. The van der Waals surface area contributed by atoms with E-state index in [1.54, 1.807) is 24.3 Å². The Morgan fingerprint density at radius 1 is 0.957 bits per heavy atom. The van der Waals surface area contributed by atoms with Crippen molar-refractivity contribution in [3.8, 4) is 5.75 Å². The summed E-state index contributed by atoms with van der Waals surface area (Å²) in [4.78, 5) is 68.8. The van der Waals surface area contributed by atoms with E-state index in [0.717, 1.165) is 11.1 Å². The minimum absolute atomic E-state index is 0.153. The number of nitrogens with one attached hydrogen (secondary N) is 5. The van der Waals surface area contributed by atoms with Crippen molar-refractivity contribution in [2.24, 2.45) is 0 Å². The summed E-state index contributed by atoms with van der Waals surface area (Å²) in [7, 11) is 1.82. The van der Waals surface area contributed by atoms with E-state index in [1.807, 2.05) is 42.3 Å². The first-order valence-electron chi connectivity index (χ1n) is 15.7. The van der Waals surface area contributed by atoms with Crippen molar-refractivity contribution in [1.82, 2.24) is 31.5 Å². The van der Waals surface area contributed by atoms with Gasteiger partial charge in [0.15, 0.2) is 0 Å². The predicted octanol–water partition coefficient (Wildman–Crippen LogP) is -0.566. The van der Waals surface area contributed by atoms with Crippen LogP contribution in [0.5, 0.6) is 5.75 Å². The molecule has 46 heavy (non-hydrogen) atoms. The van der Waals surface area contributed by atoms with Crippen molar-refractivity contribution in [3.63, 3.8) is 0 Å². The van der Waals surface area contributed by atoms with Crippen LogP contribution in [0.4, 0.5) is 0 Å². The molecule has 4 atom stereocenters. The third-order valence-corrected chi connectivity index (χ3v) is 8.57. The van der Waals surface area contributed by atoms with Gasteiger partial charge in [-0.3, -0.25) is 28.9 Å². The molecule has 13 heteroatoms. The van der Waals surface area contributed by atoms with E-state index in [4.69, 9.17) is 9.47 Å². The summed E-state index contributed by atoms with van der Waals surface area (Å²) in [5.41, 5.74) is 0.517. The maximum atomic E-state index is 13.6. The number of rotatable bonds is 4. The number of ether oxygens (including phenoxy) is 2. The molecule has 246 valence electrons. The van der Waals surface area contributed by atoms with Gasteiger partial charge in [0.25, 0.3) is 0 Å². The molecular weight excluding hydrogens is 592 g/mol. The van der Waals surface area contributed by atoms with E-state index in [0.29, 0.717) is 31.7 Å². The maximum absolute atomic E-state index is 13.6. The molecule has 5 N–H and O–H groups in total. The Kier molecular flexibility index (Phi) is 10.5. The second kappa shape index (κ2) is 14.7. The molecule has 4 aliphatic rings. The zero-order valence-corrected chi connectivity index (χ0v) is 26.2. The number of hydrogen-bond donors (Lipinski definition) is 5. The van der Waals surface area contributed by atoms with Gasteiger partial charge in [-0.05, 0) is 50.1 Å². The van der Waals surface area contributed by atoms with Gasteiger partial charge in [0.1, 0.15) is 42.1 Å². The Morgan fingerprint density at radius 2 is 1.70 bits per heavy atom. The number of hydrogen-bond acceptors (Lipinski definition) is 8. The number of carbonyl (C=O) groups is 5. The third kappa shape index (κ3) is 8.40. The average Bonchev–Trinajstić information content (AvgIpc) is 3.83. The predicted molar refractivity (Wildman–Crippen MR) is 168 cm³/mol. The van der Waals surface area contributed by atoms with Crippen molar-refractivity contribution in [2.45, 2.75) is 62.3 Å². The minimum atomic E-state index is -1.05. The van der Waals surface area contributed by atoms with E-state index in [9.17, 15) is 24.0 Å². The number of nitrogens with zero attached hydrogens (tertiary/aromatic N) is 1. The van der Waals surface area contributed by atoms with E-state index in [-0.39, 0.29) is 44.4 Å². The minimum Gasteiger partial charge on any atom is -0.492 e. The fraction of sp³-hybridized carbons (Fsp3) is 0.485. The number of benzene rings is 2. The largest absolute Gasteiger partial charge is 0.492 e. The summed E-state index contributed by atoms with van der Waals surface area (Å²) >= 11 is 0. The number of likely N-dealkylation sites (N-methyl/N-ethyl adjacent to an activating group) is 1. The van der Waals surface area contributed by atoms with Crippen LogP contribution in [0.2, 0.25) is 0 Å². The van der Waals surface area contributed by atoms with Gasteiger partial charge in [0.2, 0.25) is 29.5 Å². The van der Waals surface area contributed by atoms with E-state index in [1.165, 1.54) is 6.92 Å². The summed E-state index contributed by atoms with van der Waals surface area (Å²) in [6.45, 7) is 3.25. The van der Waals surface area contributed by atoms with E-state index in [2.05, 4.69) is 26.6 Å². The van der Waals surface area contributed by atoms with Crippen LogP contribution >= 0.6 is 0 Å². The highest BCUT2D eigenvalue weighted by molar-refractivity contribution is 5.98. The molecular formula is C33H42N6O7. The van der Waals surface area contributed by atoms with E-state index < -0.39 is 47.4 Å². The van der Waals surface area contributed by atoms with Crippen LogP contribution in [0.15, 0.2) is 54.6 Å². The number of carbonyl (C=O) groups excluding carboxylic acids is 5. The lowest BCUT2D eigenvalue weighted by Gasteiger charge is -2.32. The van der Waals surface area contributed by atoms with Gasteiger partial charge >= 0.3 is 0 Å². The second-order valence-corrected chi connectivity index (χ2v) is 12.1. The van der Waals surface area contributed by atoms with Gasteiger partial charge < -0.3 is 36.1 Å². The fourth-order valence-corrected chi connectivity index (χ4v) is 5.49. The molecule has 1 saturated carbocycles. The molecule has 13 nitrogen and oxygen atoms in total. The molecule has 2 bridgehead atoms. The zero-order chi connectivity index (χ0) is 32.7. The van der Waals surface area contributed by atoms with Gasteiger partial charge in [0, 0.05) is 19.4 Å². The quantitative estimate of drug-likeness (QED) is 0.279. The number of fused-ring (bicyclic) bond motifs is 15. The molecule has 0 aromatic heterocycles. The number of amides is 5. The summed E-state index contributed by atoms with van der Waals surface area (Å²) in [6, 6.07) is 12.7. The SMILES string of the molecule is C[C@@H]1NC(=O)[C@@H](NC(=O)[C@H]2COCCN2C)Cc2ccc(cc2)OCCNC(=O)C2(CC2)NC(=O)[C@@H](Cc2ccccc2)NC1=O. The molecule has 2 fully saturated rings. The normalized spacial score (nSPS) is 26.1. The molecule has 1 aliphatic carbocycles. The third-order valence-electron chi connectivity index (χ3n) is 8.57. The highest BCUT2D eigenvalue weighted by Crippen LogP contribution is 2.35.